The number of aromatic hydroxyl groups is 1. The summed E-state index contributed by atoms with van der Waals surface area (Å²) in [4.78, 5) is 118. The summed E-state index contributed by atoms with van der Waals surface area (Å²) in [5.41, 5.74) is 11.7. The molecule has 1 aliphatic heterocycles. The van der Waals surface area contributed by atoms with Crippen molar-refractivity contribution in [2.24, 2.45) is 17.4 Å². The molecule has 1 aromatic rings. The third-order valence-electron chi connectivity index (χ3n) is 10.5. The Kier molecular flexibility index (Phi) is 23.1. The molecule has 0 aliphatic carbocycles. The number of phenolic OH excluding ortho intramolecular Hbond substituents is 1. The Morgan fingerprint density at radius 2 is 1.30 bits per heavy atom. The molecule has 1 saturated heterocycles. The summed E-state index contributed by atoms with van der Waals surface area (Å²) in [5, 5.41) is 65.1. The highest BCUT2D eigenvalue weighted by Crippen LogP contribution is 2.19. The lowest BCUT2D eigenvalue weighted by Crippen LogP contribution is -2.61. The third kappa shape index (κ3) is 17.0. The molecule has 0 saturated carbocycles. The van der Waals surface area contributed by atoms with Crippen LogP contribution in [-0.4, -0.2) is 171 Å². The van der Waals surface area contributed by atoms with E-state index < -0.39 is 134 Å². The first-order valence-corrected chi connectivity index (χ1v) is 21.0. The lowest BCUT2D eigenvalue weighted by molar-refractivity contribution is -0.143. The number of aliphatic hydroxyl groups excluding tert-OH is 3. The van der Waals surface area contributed by atoms with Crippen LogP contribution >= 0.6 is 0 Å². The van der Waals surface area contributed by atoms with Crippen molar-refractivity contribution in [2.45, 2.75) is 114 Å². The van der Waals surface area contributed by atoms with Crippen LogP contribution in [0.5, 0.6) is 5.75 Å². The maximum Gasteiger partial charge on any atom is 0.328 e. The van der Waals surface area contributed by atoms with E-state index in [1.807, 2.05) is 5.32 Å². The molecule has 0 spiro atoms. The maximum atomic E-state index is 13.8. The van der Waals surface area contributed by atoms with Gasteiger partial charge in [0.25, 0.3) is 0 Å². The van der Waals surface area contributed by atoms with Crippen LogP contribution < -0.4 is 48.7 Å². The number of carbonyl (C=O) groups is 9. The largest absolute Gasteiger partial charge is 0.508 e. The molecule has 1 heterocycles. The van der Waals surface area contributed by atoms with Crippen LogP contribution in [0.3, 0.4) is 0 Å². The predicted octanol–water partition coefficient (Wildman–Crippen LogP) is -5.47. The van der Waals surface area contributed by atoms with Crippen LogP contribution in [0.2, 0.25) is 0 Å². The molecule has 0 radical (unpaired) electrons. The van der Waals surface area contributed by atoms with Gasteiger partial charge in [-0.15, -0.1) is 0 Å². The first kappa shape index (κ1) is 54.2. The van der Waals surface area contributed by atoms with Gasteiger partial charge < -0.3 is 79.1 Å². The van der Waals surface area contributed by atoms with E-state index in [0.717, 1.165) is 0 Å². The zero-order valence-electron chi connectivity index (χ0n) is 36.2. The summed E-state index contributed by atoms with van der Waals surface area (Å²) in [6.45, 7) is 1.80. The molecule has 0 aromatic heterocycles. The van der Waals surface area contributed by atoms with E-state index in [4.69, 9.17) is 16.6 Å². The van der Waals surface area contributed by atoms with Crippen LogP contribution in [0.25, 0.3) is 0 Å². The minimum atomic E-state index is -1.72. The lowest BCUT2D eigenvalue weighted by atomic mass is 9.97. The van der Waals surface area contributed by atoms with Crippen molar-refractivity contribution < 1.29 is 68.7 Å². The van der Waals surface area contributed by atoms with E-state index in [9.17, 15) is 63.6 Å². The highest BCUT2D eigenvalue weighted by atomic mass is 16.4. The number of hydrogen-bond acceptors (Lipinski definition) is 15. The van der Waals surface area contributed by atoms with Gasteiger partial charge >= 0.3 is 5.97 Å². The van der Waals surface area contributed by atoms with Crippen molar-refractivity contribution in [3.63, 3.8) is 0 Å². The number of amides is 8. The normalized spacial score (nSPS) is 17.2. The number of aliphatic carboxylic acids is 1. The topological polar surface area (TPSA) is 394 Å². The summed E-state index contributed by atoms with van der Waals surface area (Å²) >= 11 is 0. The number of phenols is 1. The summed E-state index contributed by atoms with van der Waals surface area (Å²) in [7, 11) is 0. The molecule has 1 aromatic carbocycles. The fourth-order valence-electron chi connectivity index (χ4n) is 6.54. The predicted molar refractivity (Wildman–Crippen MR) is 226 cm³/mol. The van der Waals surface area contributed by atoms with Crippen molar-refractivity contribution in [3.8, 4) is 5.75 Å². The molecule has 2 rings (SSSR count). The number of benzene rings is 1. The average molecular weight is 909 g/mol. The number of rotatable bonds is 27. The number of carboxylic acids is 1. The number of nitrogens with one attached hydrogen (secondary N) is 7. The Balaban J connectivity index is 2.27. The van der Waals surface area contributed by atoms with Gasteiger partial charge in [0.15, 0.2) is 0 Å². The highest BCUT2D eigenvalue weighted by molar-refractivity contribution is 5.98. The van der Waals surface area contributed by atoms with Gasteiger partial charge in [-0.3, -0.25) is 38.4 Å². The Hall–Kier alpha value is -5.95. The summed E-state index contributed by atoms with van der Waals surface area (Å²) in [6.07, 6.45) is 1.69. The quantitative estimate of drug-likeness (QED) is 0.0366. The number of carbonyl (C=O) groups excluding carboxylic acids is 8. The van der Waals surface area contributed by atoms with Gasteiger partial charge in [-0.1, -0.05) is 32.4 Å². The van der Waals surface area contributed by atoms with Gasteiger partial charge in [0.05, 0.1) is 32.4 Å². The van der Waals surface area contributed by atoms with Crippen LogP contribution in [0.1, 0.15) is 64.9 Å². The van der Waals surface area contributed by atoms with E-state index in [-0.39, 0.29) is 38.1 Å². The summed E-state index contributed by atoms with van der Waals surface area (Å²) in [5.74, 6) is -9.08. The zero-order chi connectivity index (χ0) is 48.1. The van der Waals surface area contributed by atoms with Crippen LogP contribution in [0.4, 0.5) is 0 Å². The minimum Gasteiger partial charge on any atom is -0.508 e. The van der Waals surface area contributed by atoms with Gasteiger partial charge in [-0.2, -0.15) is 0 Å². The number of nitrogens with two attached hydrogens (primary N) is 2. The molecule has 64 heavy (non-hydrogen) atoms. The van der Waals surface area contributed by atoms with Crippen molar-refractivity contribution in [2.75, 3.05) is 39.5 Å². The molecule has 0 bridgehead atoms. The van der Waals surface area contributed by atoms with Gasteiger partial charge in [-0.25, -0.2) is 4.79 Å². The van der Waals surface area contributed by atoms with Crippen LogP contribution in [-0.2, 0) is 49.6 Å². The molecule has 16 N–H and O–H groups in total. The number of hydrogen-bond donors (Lipinski definition) is 14. The van der Waals surface area contributed by atoms with Crippen LogP contribution in [0.15, 0.2) is 24.3 Å². The van der Waals surface area contributed by atoms with Gasteiger partial charge in [0, 0.05) is 13.0 Å². The van der Waals surface area contributed by atoms with Gasteiger partial charge in [-0.05, 0) is 69.2 Å². The Morgan fingerprint density at radius 3 is 1.86 bits per heavy atom. The van der Waals surface area contributed by atoms with Gasteiger partial charge in [0.1, 0.15) is 48.0 Å². The molecule has 1 aliphatic rings. The van der Waals surface area contributed by atoms with E-state index in [0.29, 0.717) is 31.2 Å². The molecule has 358 valence electrons. The van der Waals surface area contributed by atoms with E-state index in [2.05, 4.69) is 31.9 Å². The second-order valence-corrected chi connectivity index (χ2v) is 15.5. The van der Waals surface area contributed by atoms with Crippen molar-refractivity contribution >= 4 is 53.2 Å². The molecule has 8 amide bonds. The first-order valence-electron chi connectivity index (χ1n) is 21.0. The lowest BCUT2D eigenvalue weighted by Gasteiger charge is -2.29. The van der Waals surface area contributed by atoms with Gasteiger partial charge in [0.2, 0.25) is 47.3 Å². The maximum absolute atomic E-state index is 13.8. The Bertz CT molecular complexity index is 1770. The minimum absolute atomic E-state index is 0.0441. The molecule has 24 nitrogen and oxygen atoms in total. The molecular formula is C40H64N10O14. The standard InChI is InChI=1S/C40H64N10O14/c1-4-21(2)32(38(61)45-25(8-5-6-14-41)33(56)43-17-31(55)44-29(20-53)40(63)64)49-36(59)28(19-52)47-34(57)26(16-23-10-12-24(54)13-11-23)46-35(58)27(18-51)48-37(60)30-9-7-15-50(30)39(62)22(3)42/h10-13,21-22,25-30,32,51-54H,4-9,14-20,41-42H2,1-3H3,(H,43,56)(H,44,55)(H,45,61)(H,46,58)(H,47,57)(H,48,60)(H,49,59)(H,63,64)/t21-,22+,25-,26-,27-,28-,29-,30-,32-/m0/s1. The molecule has 9 atom stereocenters. The average Bonchev–Trinajstić information content (AvgIpc) is 3.77. The second kappa shape index (κ2) is 27.3. The van der Waals surface area contributed by atoms with E-state index >= 15 is 0 Å². The van der Waals surface area contributed by atoms with Crippen molar-refractivity contribution in [1.82, 2.24) is 42.1 Å². The number of aliphatic hydroxyl groups is 3. The smallest absolute Gasteiger partial charge is 0.328 e. The first-order chi connectivity index (χ1) is 30.3. The van der Waals surface area contributed by atoms with E-state index in [1.54, 1.807) is 13.8 Å². The van der Waals surface area contributed by atoms with E-state index in [1.165, 1.54) is 36.1 Å². The number of unbranched alkanes of at least 4 members (excludes halogenated alkanes) is 1. The molecule has 24 heteroatoms. The second-order valence-electron chi connectivity index (χ2n) is 15.5. The Labute approximate surface area is 370 Å². The summed E-state index contributed by atoms with van der Waals surface area (Å²) < 4.78 is 0. The van der Waals surface area contributed by atoms with Crippen molar-refractivity contribution in [3.05, 3.63) is 29.8 Å². The highest BCUT2D eigenvalue weighted by Gasteiger charge is 2.38. The molecular weight excluding hydrogens is 844 g/mol. The SMILES string of the molecule is CC[C@H](C)[C@H](NC(=O)[C@H](CO)NC(=O)[C@H](Cc1ccc(O)cc1)NC(=O)[C@H](CO)NC(=O)[C@@H]1CCCN1C(=O)[C@@H](C)N)C(=O)N[C@@H](CCCCN)C(=O)NCC(=O)N[C@@H](CO)C(=O)O. The van der Waals surface area contributed by atoms with Crippen molar-refractivity contribution in [1.29, 1.82) is 0 Å². The fraction of sp³-hybridized carbons (Fsp3) is 0.625. The molecule has 1 fully saturated rings. The zero-order valence-corrected chi connectivity index (χ0v) is 36.2. The number of likely N-dealkylation sites (tertiary alicyclic amines) is 1. The molecule has 0 unspecified atom stereocenters. The fourth-order valence-corrected chi connectivity index (χ4v) is 6.54. The van der Waals surface area contributed by atoms with Crippen LogP contribution in [0, 0.1) is 5.92 Å². The summed E-state index contributed by atoms with van der Waals surface area (Å²) in [6, 6.07) is -5.37. The monoisotopic (exact) mass is 908 g/mol. The number of nitrogens with zero attached hydrogens (tertiary/aromatic N) is 1. The Morgan fingerprint density at radius 1 is 0.734 bits per heavy atom. The number of carboxylic acid groups (broad SMARTS) is 1. The third-order valence-corrected chi connectivity index (χ3v) is 10.5.